The zero-order valence-electron chi connectivity index (χ0n) is 8.20. The number of nitrogens with two attached hydrogens (primary N) is 1. The summed E-state index contributed by atoms with van der Waals surface area (Å²) in [6, 6.07) is 2.98. The average Bonchev–Trinajstić information content (AvgIpc) is 2.17. The molecule has 0 heterocycles. The molecular formula is C9H9F3N4. The Kier molecular flexibility index (Phi) is 3.17. The summed E-state index contributed by atoms with van der Waals surface area (Å²) in [6.45, 7) is 6.30. The molecule has 0 spiro atoms. The number of hydrogen-bond donors (Lipinski definition) is 1. The van der Waals surface area contributed by atoms with Gasteiger partial charge in [-0.2, -0.15) is 28.5 Å². The van der Waals surface area contributed by atoms with Crippen molar-refractivity contribution < 1.29 is 13.2 Å². The molecule has 16 heavy (non-hydrogen) atoms. The largest absolute Gasteiger partial charge is 0.416 e. The van der Waals surface area contributed by atoms with Crippen LogP contribution in [0.2, 0.25) is 0 Å². The highest BCUT2D eigenvalue weighted by atomic mass is 19.4. The van der Waals surface area contributed by atoms with Gasteiger partial charge in [-0.3, -0.25) is 0 Å². The van der Waals surface area contributed by atoms with E-state index in [2.05, 4.69) is 23.6 Å². The van der Waals surface area contributed by atoms with Crippen LogP contribution in [-0.4, -0.2) is 13.4 Å². The smallest absolute Gasteiger partial charge is 0.399 e. The van der Waals surface area contributed by atoms with Gasteiger partial charge in [0.25, 0.3) is 0 Å². The highest BCUT2D eigenvalue weighted by molar-refractivity contribution is 5.59. The van der Waals surface area contributed by atoms with Crippen molar-refractivity contribution in [1.82, 2.24) is 0 Å². The zero-order valence-corrected chi connectivity index (χ0v) is 8.20. The molecular weight excluding hydrogens is 221 g/mol. The van der Waals surface area contributed by atoms with Crippen molar-refractivity contribution in [3.05, 3.63) is 23.8 Å². The molecule has 1 aromatic carbocycles. The summed E-state index contributed by atoms with van der Waals surface area (Å²) in [4.78, 5) is 0. The van der Waals surface area contributed by atoms with Crippen molar-refractivity contribution in [2.75, 3.05) is 10.9 Å². The first-order valence-corrected chi connectivity index (χ1v) is 4.09. The van der Waals surface area contributed by atoms with Gasteiger partial charge in [-0.1, -0.05) is 0 Å². The first-order chi connectivity index (χ1) is 7.38. The van der Waals surface area contributed by atoms with Gasteiger partial charge < -0.3 is 5.73 Å². The topological polar surface area (TPSA) is 54.0 Å². The number of benzene rings is 1. The van der Waals surface area contributed by atoms with Crippen LogP contribution in [0.15, 0.2) is 28.4 Å². The number of rotatable bonds is 3. The van der Waals surface area contributed by atoms with E-state index < -0.39 is 11.7 Å². The van der Waals surface area contributed by atoms with E-state index in [1.807, 2.05) is 0 Å². The molecule has 1 aromatic rings. The highest BCUT2D eigenvalue weighted by Gasteiger charge is 2.31. The fraction of sp³-hybridized carbons (Fsp3) is 0.111. The second-order valence-corrected chi connectivity index (χ2v) is 2.88. The molecule has 0 saturated heterocycles. The maximum absolute atomic E-state index is 12.5. The molecule has 0 aliphatic carbocycles. The van der Waals surface area contributed by atoms with Gasteiger partial charge >= 0.3 is 6.18 Å². The SMILES string of the molecule is C=NN(N=C)c1cc(N)cc(C(F)(F)F)c1. The van der Waals surface area contributed by atoms with E-state index in [0.29, 0.717) is 0 Å². The van der Waals surface area contributed by atoms with E-state index in [1.165, 1.54) is 6.07 Å². The highest BCUT2D eigenvalue weighted by Crippen LogP contribution is 2.33. The molecule has 0 aliphatic heterocycles. The lowest BCUT2D eigenvalue weighted by molar-refractivity contribution is -0.137. The van der Waals surface area contributed by atoms with Gasteiger partial charge in [-0.05, 0) is 18.2 Å². The predicted molar refractivity (Wildman–Crippen MR) is 57.4 cm³/mol. The molecule has 0 saturated carbocycles. The first-order valence-electron chi connectivity index (χ1n) is 4.09. The molecule has 0 bridgehead atoms. The van der Waals surface area contributed by atoms with Crippen LogP contribution in [0.1, 0.15) is 5.56 Å². The third kappa shape index (κ3) is 2.50. The summed E-state index contributed by atoms with van der Waals surface area (Å²) in [5.74, 6) is 0. The van der Waals surface area contributed by atoms with E-state index in [-0.39, 0.29) is 11.4 Å². The fourth-order valence-electron chi connectivity index (χ4n) is 1.12. The maximum Gasteiger partial charge on any atom is 0.416 e. The van der Waals surface area contributed by atoms with Crippen LogP contribution in [0.5, 0.6) is 0 Å². The van der Waals surface area contributed by atoms with E-state index in [9.17, 15) is 13.2 Å². The number of halogens is 3. The molecule has 0 amide bonds. The number of hydrazone groups is 2. The number of hydrogen-bond acceptors (Lipinski definition) is 4. The molecule has 86 valence electrons. The Morgan fingerprint density at radius 3 is 2.12 bits per heavy atom. The van der Waals surface area contributed by atoms with Crippen molar-refractivity contribution >= 4 is 24.8 Å². The fourth-order valence-corrected chi connectivity index (χ4v) is 1.12. The minimum atomic E-state index is -4.47. The predicted octanol–water partition coefficient (Wildman–Crippen LogP) is 2.33. The first kappa shape index (κ1) is 12.0. The summed E-state index contributed by atoms with van der Waals surface area (Å²) in [7, 11) is 0. The molecule has 0 aliphatic rings. The van der Waals surface area contributed by atoms with E-state index in [0.717, 1.165) is 17.3 Å². The molecule has 2 N–H and O–H groups in total. The van der Waals surface area contributed by atoms with E-state index >= 15 is 0 Å². The molecule has 0 atom stereocenters. The van der Waals surface area contributed by atoms with Gasteiger partial charge in [0, 0.05) is 19.1 Å². The van der Waals surface area contributed by atoms with Crippen LogP contribution in [0.3, 0.4) is 0 Å². The van der Waals surface area contributed by atoms with Crippen molar-refractivity contribution in [3.63, 3.8) is 0 Å². The Balaban J connectivity index is 3.27. The third-order valence-electron chi connectivity index (χ3n) is 1.77. The van der Waals surface area contributed by atoms with Crippen LogP contribution >= 0.6 is 0 Å². The number of nitrogens with zero attached hydrogens (tertiary/aromatic N) is 3. The standard InChI is InChI=1S/C9H9F3N4/c1-14-16(15-2)8-4-6(9(10,11)12)3-7(13)5-8/h3-5H,1-2,13H2. The lowest BCUT2D eigenvalue weighted by atomic mass is 10.1. The van der Waals surface area contributed by atoms with Crippen molar-refractivity contribution in [2.24, 2.45) is 10.2 Å². The lowest BCUT2D eigenvalue weighted by Crippen LogP contribution is -2.10. The van der Waals surface area contributed by atoms with Crippen molar-refractivity contribution in [1.29, 1.82) is 0 Å². The number of nitrogen functional groups attached to an aromatic ring is 1. The van der Waals surface area contributed by atoms with Crippen LogP contribution in [0.4, 0.5) is 24.5 Å². The Labute approximate surface area is 89.9 Å². The maximum atomic E-state index is 12.5. The van der Waals surface area contributed by atoms with Crippen molar-refractivity contribution in [2.45, 2.75) is 6.18 Å². The quantitative estimate of drug-likeness (QED) is 0.492. The number of alkyl halides is 3. The summed E-state index contributed by atoms with van der Waals surface area (Å²) >= 11 is 0. The molecule has 0 unspecified atom stereocenters. The summed E-state index contributed by atoms with van der Waals surface area (Å²) in [5, 5.41) is 7.60. The molecule has 0 aromatic heterocycles. The summed E-state index contributed by atoms with van der Waals surface area (Å²) < 4.78 is 37.4. The average molecular weight is 230 g/mol. The minimum Gasteiger partial charge on any atom is -0.399 e. The van der Waals surface area contributed by atoms with Gasteiger partial charge in [0.2, 0.25) is 0 Å². The second-order valence-electron chi connectivity index (χ2n) is 2.88. The van der Waals surface area contributed by atoms with Gasteiger partial charge in [0.05, 0.1) is 11.3 Å². The van der Waals surface area contributed by atoms with Crippen molar-refractivity contribution in [3.8, 4) is 0 Å². The summed E-state index contributed by atoms with van der Waals surface area (Å²) in [6.07, 6.45) is -4.47. The van der Waals surface area contributed by atoms with Crippen LogP contribution in [0, 0.1) is 0 Å². The monoisotopic (exact) mass is 230 g/mol. The van der Waals surface area contributed by atoms with Crippen LogP contribution in [-0.2, 0) is 6.18 Å². The lowest BCUT2D eigenvalue weighted by Gasteiger charge is -2.14. The van der Waals surface area contributed by atoms with Gasteiger partial charge in [0.1, 0.15) is 0 Å². The zero-order chi connectivity index (χ0) is 12.3. The summed E-state index contributed by atoms with van der Waals surface area (Å²) in [5.41, 5.74) is 4.49. The Morgan fingerprint density at radius 2 is 1.69 bits per heavy atom. The minimum absolute atomic E-state index is 0.0397. The second kappa shape index (κ2) is 4.21. The third-order valence-corrected chi connectivity index (χ3v) is 1.77. The Bertz CT molecular complexity index is 406. The Hall–Kier alpha value is -2.05. The molecule has 4 nitrogen and oxygen atoms in total. The molecule has 7 heteroatoms. The Morgan fingerprint density at radius 1 is 1.12 bits per heavy atom. The van der Waals surface area contributed by atoms with E-state index in [4.69, 9.17) is 5.73 Å². The van der Waals surface area contributed by atoms with Crippen LogP contribution < -0.4 is 10.9 Å². The van der Waals surface area contributed by atoms with Gasteiger partial charge in [-0.15, -0.1) is 0 Å². The number of anilines is 2. The normalized spacial score (nSPS) is 10.9. The van der Waals surface area contributed by atoms with E-state index in [1.54, 1.807) is 0 Å². The molecule has 1 rings (SSSR count). The molecule has 0 radical (unpaired) electrons. The van der Waals surface area contributed by atoms with Crippen LogP contribution in [0.25, 0.3) is 0 Å². The molecule has 0 fully saturated rings. The van der Waals surface area contributed by atoms with Gasteiger partial charge in [-0.25, -0.2) is 0 Å². The van der Waals surface area contributed by atoms with Gasteiger partial charge in [0.15, 0.2) is 0 Å².